The average molecular weight is 337 g/mol. The maximum atomic E-state index is 5.90. The van der Waals surface area contributed by atoms with Gasteiger partial charge in [-0.15, -0.1) is 0 Å². The second-order valence-electron chi connectivity index (χ2n) is 3.65. The standard InChI is InChI=1S/3C3H7O.C3H5.Sn/c3*1-2-3-4;1-3-2;/h3*2-3H2,1H3;1,3H,2H3;/q3*-1;;+3. The van der Waals surface area contributed by atoms with Crippen molar-refractivity contribution in [3.8, 4) is 0 Å². The first-order chi connectivity index (χ1) is 7.74. The van der Waals surface area contributed by atoms with E-state index in [0.29, 0.717) is 0 Å². The summed E-state index contributed by atoms with van der Waals surface area (Å²) in [6.45, 7) is 10.5. The van der Waals surface area contributed by atoms with E-state index in [4.69, 9.17) is 9.22 Å². The summed E-state index contributed by atoms with van der Waals surface area (Å²) in [5.41, 5.74) is 0. The molecule has 0 aliphatic heterocycles. The van der Waals surface area contributed by atoms with Gasteiger partial charge in [-0.1, -0.05) is 0 Å². The van der Waals surface area contributed by atoms with Gasteiger partial charge in [0, 0.05) is 0 Å². The Kier molecular flexibility index (Phi) is 10.8. The van der Waals surface area contributed by atoms with Crippen molar-refractivity contribution in [2.24, 2.45) is 0 Å². The van der Waals surface area contributed by atoms with Crippen LogP contribution in [0.4, 0.5) is 0 Å². The first kappa shape index (κ1) is 16.4. The molecule has 0 saturated heterocycles. The van der Waals surface area contributed by atoms with E-state index in [-0.39, 0.29) is 0 Å². The molecular formula is C12H26O3Sn. The van der Waals surface area contributed by atoms with Crippen LogP contribution in [0.5, 0.6) is 0 Å². The van der Waals surface area contributed by atoms with Crippen LogP contribution in [0.3, 0.4) is 0 Å². The van der Waals surface area contributed by atoms with E-state index >= 15 is 0 Å². The van der Waals surface area contributed by atoms with Crippen LogP contribution in [0, 0.1) is 0 Å². The zero-order valence-corrected chi connectivity index (χ0v) is 14.0. The quantitative estimate of drug-likeness (QED) is 0.573. The van der Waals surface area contributed by atoms with Gasteiger partial charge in [0.15, 0.2) is 0 Å². The molecule has 0 aromatic rings. The summed E-state index contributed by atoms with van der Waals surface area (Å²) in [5.74, 6) is 0. The van der Waals surface area contributed by atoms with Crippen LogP contribution >= 0.6 is 0 Å². The molecule has 0 aromatic heterocycles. The molecule has 0 aliphatic rings. The van der Waals surface area contributed by atoms with Crippen LogP contribution < -0.4 is 0 Å². The van der Waals surface area contributed by atoms with E-state index < -0.39 is 19.6 Å². The molecule has 0 aliphatic carbocycles. The van der Waals surface area contributed by atoms with Crippen molar-refractivity contribution in [2.45, 2.75) is 47.0 Å². The minimum atomic E-state index is -3.34. The maximum absolute atomic E-state index is 5.90. The molecule has 96 valence electrons. The second kappa shape index (κ2) is 10.6. The van der Waals surface area contributed by atoms with Gasteiger partial charge >= 0.3 is 106 Å². The van der Waals surface area contributed by atoms with Crippen molar-refractivity contribution in [1.82, 2.24) is 0 Å². The summed E-state index contributed by atoms with van der Waals surface area (Å²) in [5, 5.41) is 0. The molecule has 0 heterocycles. The third kappa shape index (κ3) is 6.89. The van der Waals surface area contributed by atoms with Gasteiger partial charge in [-0.05, 0) is 0 Å². The number of rotatable bonds is 10. The molecule has 0 aromatic carbocycles. The zero-order chi connectivity index (χ0) is 12.3. The van der Waals surface area contributed by atoms with Crippen molar-refractivity contribution in [3.63, 3.8) is 0 Å². The summed E-state index contributed by atoms with van der Waals surface area (Å²) in [4.78, 5) is 0. The van der Waals surface area contributed by atoms with Gasteiger partial charge < -0.3 is 0 Å². The first-order valence-corrected chi connectivity index (χ1v) is 11.4. The van der Waals surface area contributed by atoms with Crippen molar-refractivity contribution >= 4 is 19.6 Å². The number of allylic oxidation sites excluding steroid dienone is 1. The molecule has 0 atom stereocenters. The molecule has 0 fully saturated rings. The summed E-state index contributed by atoms with van der Waals surface area (Å²) in [6.07, 6.45) is 5.00. The van der Waals surface area contributed by atoms with Gasteiger partial charge in [-0.3, -0.25) is 0 Å². The van der Waals surface area contributed by atoms with E-state index in [1.807, 2.05) is 13.0 Å². The Morgan fingerprint density at radius 3 is 1.44 bits per heavy atom. The predicted octanol–water partition coefficient (Wildman–Crippen LogP) is 3.32. The van der Waals surface area contributed by atoms with Crippen LogP contribution in [0.2, 0.25) is 0 Å². The van der Waals surface area contributed by atoms with E-state index in [0.717, 1.165) is 39.1 Å². The van der Waals surface area contributed by atoms with Crippen molar-refractivity contribution in [1.29, 1.82) is 0 Å². The van der Waals surface area contributed by atoms with Gasteiger partial charge in [-0.2, -0.15) is 0 Å². The molecule has 0 saturated carbocycles. The minimum absolute atomic E-state index is 0.730. The van der Waals surface area contributed by atoms with Crippen LogP contribution in [-0.2, 0) is 9.22 Å². The van der Waals surface area contributed by atoms with Gasteiger partial charge in [0.1, 0.15) is 0 Å². The molecule has 0 amide bonds. The molecule has 0 bridgehead atoms. The Labute approximate surface area is 106 Å². The zero-order valence-electron chi connectivity index (χ0n) is 11.1. The normalized spacial score (nSPS) is 12.5. The van der Waals surface area contributed by atoms with Gasteiger partial charge in [0.2, 0.25) is 0 Å². The molecular weight excluding hydrogens is 311 g/mol. The Bertz CT molecular complexity index is 161. The van der Waals surface area contributed by atoms with Crippen LogP contribution in [0.25, 0.3) is 0 Å². The van der Waals surface area contributed by atoms with Gasteiger partial charge in [0.05, 0.1) is 0 Å². The summed E-state index contributed by atoms with van der Waals surface area (Å²) < 4.78 is 19.8. The van der Waals surface area contributed by atoms with E-state index in [9.17, 15) is 0 Å². The van der Waals surface area contributed by atoms with Gasteiger partial charge in [0.25, 0.3) is 0 Å². The summed E-state index contributed by atoms with van der Waals surface area (Å²) in [6, 6.07) is 0. The molecule has 3 nitrogen and oxygen atoms in total. The Morgan fingerprint density at radius 1 is 0.812 bits per heavy atom. The second-order valence-corrected chi connectivity index (χ2v) is 10.5. The Morgan fingerprint density at radius 2 is 1.19 bits per heavy atom. The predicted molar refractivity (Wildman–Crippen MR) is 69.3 cm³/mol. The third-order valence-electron chi connectivity index (χ3n) is 1.89. The van der Waals surface area contributed by atoms with E-state index in [2.05, 4.69) is 24.9 Å². The fourth-order valence-corrected chi connectivity index (χ4v) is 8.09. The summed E-state index contributed by atoms with van der Waals surface area (Å²) in [7, 11) is 0. The van der Waals surface area contributed by atoms with Crippen molar-refractivity contribution in [3.05, 3.63) is 10.2 Å². The Balaban J connectivity index is 4.45. The summed E-state index contributed by atoms with van der Waals surface area (Å²) >= 11 is -3.34. The fourth-order valence-electron chi connectivity index (χ4n) is 1.21. The average Bonchev–Trinajstić information content (AvgIpc) is 2.31. The van der Waals surface area contributed by atoms with E-state index in [1.165, 1.54) is 0 Å². The molecule has 0 N–H and O–H groups in total. The first-order valence-electron chi connectivity index (χ1n) is 6.30. The fraction of sp³-hybridized carbons (Fsp3) is 0.833. The van der Waals surface area contributed by atoms with Crippen LogP contribution in [-0.4, -0.2) is 39.4 Å². The SMILES string of the molecule is CC=[CH][Sn]([O]CCC)([O]CCC)[O]CCC. The van der Waals surface area contributed by atoms with E-state index in [1.54, 1.807) is 0 Å². The third-order valence-corrected chi connectivity index (χ3v) is 9.20. The van der Waals surface area contributed by atoms with Crippen LogP contribution in [0.15, 0.2) is 10.2 Å². The van der Waals surface area contributed by atoms with Crippen LogP contribution in [0.1, 0.15) is 47.0 Å². The molecule has 0 radical (unpaired) electrons. The number of hydrogen-bond donors (Lipinski definition) is 0. The number of hydrogen-bond acceptors (Lipinski definition) is 3. The van der Waals surface area contributed by atoms with Crippen molar-refractivity contribution < 1.29 is 9.22 Å². The monoisotopic (exact) mass is 338 g/mol. The van der Waals surface area contributed by atoms with Crippen molar-refractivity contribution in [2.75, 3.05) is 19.8 Å². The Hall–Kier alpha value is 0.419. The molecule has 0 rings (SSSR count). The molecule has 4 heteroatoms. The molecule has 0 unspecified atom stereocenters. The molecule has 16 heavy (non-hydrogen) atoms. The topological polar surface area (TPSA) is 27.7 Å². The van der Waals surface area contributed by atoms with Gasteiger partial charge in [-0.25, -0.2) is 0 Å². The molecule has 0 spiro atoms.